The highest BCUT2D eigenvalue weighted by atomic mass is 32.2. The molecule has 17 heavy (non-hydrogen) atoms. The van der Waals surface area contributed by atoms with Gasteiger partial charge in [-0.15, -0.1) is 0 Å². The molecule has 0 fully saturated rings. The van der Waals surface area contributed by atoms with Crippen molar-refractivity contribution >= 4 is 11.8 Å². The van der Waals surface area contributed by atoms with Gasteiger partial charge in [0.15, 0.2) is 5.16 Å². The van der Waals surface area contributed by atoms with Crippen LogP contribution in [0.25, 0.3) is 0 Å². The summed E-state index contributed by atoms with van der Waals surface area (Å²) in [4.78, 5) is 25.7. The first kappa shape index (κ1) is 13.5. The molecular weight excluding hydrogens is 242 g/mol. The maximum atomic E-state index is 11.1. The summed E-state index contributed by atoms with van der Waals surface area (Å²) in [6.07, 6.45) is 0. The number of rotatable bonds is 4. The molecule has 7 nitrogen and oxygen atoms in total. The minimum Gasteiger partial charge on any atom is -0.302 e. The number of nitrogens with one attached hydrogen (secondary N) is 2. The zero-order valence-electron chi connectivity index (χ0n) is 9.77. The Kier molecular flexibility index (Phi) is 4.09. The molecular formula is C9H13N5O2S. The van der Waals surface area contributed by atoms with Crippen LogP contribution in [0.2, 0.25) is 0 Å². The standard InChI is InChI=1S/C9H13N5O2S/c1-9(4-10,11-2)5-17-8-12-6(15)7(16)13-14(8)3/h11H,5H2,1-3H3,(H,13,16). The first-order valence-corrected chi connectivity index (χ1v) is 5.81. The van der Waals surface area contributed by atoms with Gasteiger partial charge in [0.05, 0.1) is 6.07 Å². The molecule has 1 unspecified atom stereocenters. The van der Waals surface area contributed by atoms with Gasteiger partial charge in [-0.1, -0.05) is 11.8 Å². The zero-order valence-corrected chi connectivity index (χ0v) is 10.6. The van der Waals surface area contributed by atoms with Gasteiger partial charge in [0.1, 0.15) is 5.54 Å². The lowest BCUT2D eigenvalue weighted by molar-refractivity contribution is 0.545. The Hall–Kier alpha value is -1.59. The van der Waals surface area contributed by atoms with Crippen LogP contribution in [-0.2, 0) is 7.05 Å². The topological polar surface area (TPSA) is 104 Å². The van der Waals surface area contributed by atoms with Gasteiger partial charge in [-0.25, -0.2) is 0 Å². The second kappa shape index (κ2) is 5.16. The van der Waals surface area contributed by atoms with Gasteiger partial charge in [0.25, 0.3) is 0 Å². The molecule has 0 bridgehead atoms. The summed E-state index contributed by atoms with van der Waals surface area (Å²) in [5.74, 6) is 0.409. The predicted octanol–water partition coefficient (Wildman–Crippen LogP) is -0.938. The summed E-state index contributed by atoms with van der Waals surface area (Å²) in [5, 5.41) is 14.5. The van der Waals surface area contributed by atoms with Gasteiger partial charge < -0.3 is 5.32 Å². The molecule has 2 N–H and O–H groups in total. The van der Waals surface area contributed by atoms with E-state index in [1.807, 2.05) is 0 Å². The number of hydrogen-bond acceptors (Lipinski definition) is 6. The number of thioether (sulfide) groups is 1. The van der Waals surface area contributed by atoms with Crippen molar-refractivity contribution in [1.29, 1.82) is 5.26 Å². The minimum absolute atomic E-state index is 0.367. The van der Waals surface area contributed by atoms with Crippen LogP contribution in [0.4, 0.5) is 0 Å². The van der Waals surface area contributed by atoms with E-state index >= 15 is 0 Å². The number of H-pyrrole nitrogens is 1. The van der Waals surface area contributed by atoms with Crippen molar-refractivity contribution in [2.24, 2.45) is 7.05 Å². The van der Waals surface area contributed by atoms with E-state index in [1.54, 1.807) is 21.0 Å². The van der Waals surface area contributed by atoms with Crippen molar-refractivity contribution < 1.29 is 0 Å². The molecule has 1 atom stereocenters. The predicted molar refractivity (Wildman–Crippen MR) is 63.9 cm³/mol. The second-order valence-corrected chi connectivity index (χ2v) is 4.62. The van der Waals surface area contributed by atoms with Crippen LogP contribution in [0.15, 0.2) is 14.7 Å². The Balaban J connectivity index is 2.91. The summed E-state index contributed by atoms with van der Waals surface area (Å²) in [7, 11) is 3.27. The molecule has 92 valence electrons. The number of nitriles is 1. The summed E-state index contributed by atoms with van der Waals surface area (Å²) >= 11 is 1.22. The molecule has 0 amide bonds. The molecule has 1 aromatic rings. The largest absolute Gasteiger partial charge is 0.339 e. The molecule has 0 radical (unpaired) electrons. The Morgan fingerprint density at radius 2 is 2.29 bits per heavy atom. The van der Waals surface area contributed by atoms with Crippen molar-refractivity contribution in [3.8, 4) is 6.07 Å². The summed E-state index contributed by atoms with van der Waals surface area (Å²) in [6, 6.07) is 2.12. The van der Waals surface area contributed by atoms with Gasteiger partial charge in [0.2, 0.25) is 0 Å². The molecule has 0 saturated heterocycles. The van der Waals surface area contributed by atoms with E-state index in [2.05, 4.69) is 21.5 Å². The third-order valence-corrected chi connectivity index (χ3v) is 3.58. The van der Waals surface area contributed by atoms with Crippen molar-refractivity contribution in [1.82, 2.24) is 20.1 Å². The Morgan fingerprint density at radius 3 is 2.82 bits per heavy atom. The number of aromatic nitrogens is 3. The lowest BCUT2D eigenvalue weighted by atomic mass is 10.1. The number of nitrogens with zero attached hydrogens (tertiary/aromatic N) is 3. The van der Waals surface area contributed by atoms with Crippen LogP contribution in [-0.4, -0.2) is 33.1 Å². The molecule has 1 aromatic heterocycles. The van der Waals surface area contributed by atoms with Crippen LogP contribution in [0.3, 0.4) is 0 Å². The molecule has 0 aliphatic rings. The lowest BCUT2D eigenvalue weighted by Gasteiger charge is -2.19. The van der Waals surface area contributed by atoms with E-state index in [-0.39, 0.29) is 0 Å². The maximum Gasteiger partial charge on any atom is 0.339 e. The first-order valence-electron chi connectivity index (χ1n) is 4.82. The lowest BCUT2D eigenvalue weighted by Crippen LogP contribution is -2.41. The smallest absolute Gasteiger partial charge is 0.302 e. The SMILES string of the molecule is CNC(C)(C#N)CSc1nc(=O)c(=O)[nH]n1C. The van der Waals surface area contributed by atoms with E-state index in [0.717, 1.165) is 0 Å². The van der Waals surface area contributed by atoms with E-state index in [4.69, 9.17) is 5.26 Å². The van der Waals surface area contributed by atoms with Crippen LogP contribution >= 0.6 is 11.8 Å². The number of aromatic amines is 1. The van der Waals surface area contributed by atoms with E-state index in [1.165, 1.54) is 16.4 Å². The van der Waals surface area contributed by atoms with Crippen molar-refractivity contribution in [3.05, 3.63) is 20.7 Å². The van der Waals surface area contributed by atoms with E-state index in [9.17, 15) is 9.59 Å². The molecule has 8 heteroatoms. The average molecular weight is 255 g/mol. The quantitative estimate of drug-likeness (QED) is 0.532. The molecule has 0 saturated carbocycles. The van der Waals surface area contributed by atoms with Crippen LogP contribution < -0.4 is 16.4 Å². The van der Waals surface area contributed by atoms with Gasteiger partial charge in [-0.05, 0) is 14.0 Å². The molecule has 0 spiro atoms. The average Bonchev–Trinajstić information content (AvgIpc) is 2.32. The summed E-state index contributed by atoms with van der Waals surface area (Å²) in [5.41, 5.74) is -2.29. The summed E-state index contributed by atoms with van der Waals surface area (Å²) in [6.45, 7) is 1.74. The minimum atomic E-state index is -0.825. The van der Waals surface area contributed by atoms with E-state index in [0.29, 0.717) is 10.9 Å². The third kappa shape index (κ3) is 3.18. The van der Waals surface area contributed by atoms with E-state index < -0.39 is 16.7 Å². The van der Waals surface area contributed by atoms with Crippen LogP contribution in [0.1, 0.15) is 6.92 Å². The number of aryl methyl sites for hydroxylation is 1. The maximum absolute atomic E-state index is 11.1. The fraction of sp³-hybridized carbons (Fsp3) is 0.556. The molecule has 1 heterocycles. The van der Waals surface area contributed by atoms with Gasteiger partial charge in [-0.2, -0.15) is 10.2 Å². The number of hydrogen-bond donors (Lipinski definition) is 2. The first-order chi connectivity index (χ1) is 7.91. The fourth-order valence-corrected chi connectivity index (χ4v) is 1.97. The Bertz CT molecular complexity index is 558. The highest BCUT2D eigenvalue weighted by molar-refractivity contribution is 7.99. The molecule has 0 aliphatic heterocycles. The normalized spacial score (nSPS) is 14.0. The van der Waals surface area contributed by atoms with Crippen molar-refractivity contribution in [3.63, 3.8) is 0 Å². The highest BCUT2D eigenvalue weighted by Crippen LogP contribution is 2.17. The van der Waals surface area contributed by atoms with Crippen LogP contribution in [0.5, 0.6) is 0 Å². The molecule has 1 rings (SSSR count). The van der Waals surface area contributed by atoms with Gasteiger partial charge in [0, 0.05) is 12.8 Å². The zero-order chi connectivity index (χ0) is 13.1. The van der Waals surface area contributed by atoms with Gasteiger partial charge >= 0.3 is 11.1 Å². The molecule has 0 aromatic carbocycles. The second-order valence-electron chi connectivity index (χ2n) is 3.68. The highest BCUT2D eigenvalue weighted by Gasteiger charge is 2.22. The monoisotopic (exact) mass is 255 g/mol. The van der Waals surface area contributed by atoms with Gasteiger partial charge in [-0.3, -0.25) is 19.4 Å². The Labute approximate surface area is 102 Å². The molecule has 0 aliphatic carbocycles. The van der Waals surface area contributed by atoms with Crippen molar-refractivity contribution in [2.75, 3.05) is 12.8 Å². The van der Waals surface area contributed by atoms with Crippen LogP contribution in [0, 0.1) is 11.3 Å². The Morgan fingerprint density at radius 1 is 1.65 bits per heavy atom. The third-order valence-electron chi connectivity index (χ3n) is 2.24. The summed E-state index contributed by atoms with van der Waals surface area (Å²) < 4.78 is 1.36. The fourth-order valence-electron chi connectivity index (χ4n) is 0.959. The van der Waals surface area contributed by atoms with Crippen molar-refractivity contribution in [2.45, 2.75) is 17.6 Å².